The molecule has 2 aliphatic heterocycles. The van der Waals surface area contributed by atoms with Gasteiger partial charge in [-0.25, -0.2) is 4.79 Å². The van der Waals surface area contributed by atoms with Crippen LogP contribution < -0.4 is 5.32 Å². The fourth-order valence-electron chi connectivity index (χ4n) is 4.83. The zero-order valence-electron chi connectivity index (χ0n) is 18.4. The van der Waals surface area contributed by atoms with Crippen molar-refractivity contribution in [3.05, 3.63) is 65.7 Å². The summed E-state index contributed by atoms with van der Waals surface area (Å²) in [7, 11) is 0. The number of nitrogens with zero attached hydrogens (tertiary/aromatic N) is 2. The highest BCUT2D eigenvalue weighted by Gasteiger charge is 2.49. The standard InChI is InChI=1S/C26H31N3O3/c1-19(31)9-10-20-11-13-21(14-12-20)25-23-17-28(15-5-6-16-29(23)24(25)18-30)26(32)27-22-7-3-2-4-8-22/h2-4,7-8,11-14,19,23-25,30-31H,5-6,15-18H2,1H3,(H,27,32)/t19-,23+,24+,25+/m1/s1. The van der Waals surface area contributed by atoms with E-state index in [9.17, 15) is 15.0 Å². The van der Waals surface area contributed by atoms with E-state index in [0.29, 0.717) is 6.54 Å². The van der Waals surface area contributed by atoms with Crippen molar-refractivity contribution >= 4 is 11.7 Å². The molecule has 32 heavy (non-hydrogen) atoms. The highest BCUT2D eigenvalue weighted by molar-refractivity contribution is 5.89. The highest BCUT2D eigenvalue weighted by atomic mass is 16.3. The van der Waals surface area contributed by atoms with Crippen molar-refractivity contribution in [2.75, 3.05) is 31.6 Å². The van der Waals surface area contributed by atoms with Gasteiger partial charge in [-0.1, -0.05) is 42.2 Å². The third kappa shape index (κ3) is 4.97. The molecule has 2 aliphatic rings. The number of hydrogen-bond acceptors (Lipinski definition) is 4. The van der Waals surface area contributed by atoms with Crippen molar-refractivity contribution < 1.29 is 15.0 Å². The number of para-hydroxylation sites is 1. The molecular formula is C26H31N3O3. The minimum Gasteiger partial charge on any atom is -0.395 e. The van der Waals surface area contributed by atoms with E-state index in [1.54, 1.807) is 6.92 Å². The number of rotatable bonds is 3. The molecule has 0 saturated carbocycles. The fraction of sp³-hybridized carbons (Fsp3) is 0.423. The van der Waals surface area contributed by atoms with Crippen molar-refractivity contribution in [1.82, 2.24) is 9.80 Å². The van der Waals surface area contributed by atoms with Gasteiger partial charge in [0, 0.05) is 42.3 Å². The van der Waals surface area contributed by atoms with E-state index in [4.69, 9.17) is 0 Å². The van der Waals surface area contributed by atoms with Gasteiger partial charge < -0.3 is 20.4 Å². The highest BCUT2D eigenvalue weighted by Crippen LogP contribution is 2.42. The molecule has 6 heteroatoms. The summed E-state index contributed by atoms with van der Waals surface area (Å²) in [6.07, 6.45) is 1.30. The lowest BCUT2D eigenvalue weighted by Crippen LogP contribution is -2.68. The summed E-state index contributed by atoms with van der Waals surface area (Å²) >= 11 is 0. The number of aliphatic hydroxyl groups excluding tert-OH is 2. The number of benzene rings is 2. The van der Waals surface area contributed by atoms with Gasteiger partial charge in [0.05, 0.1) is 6.61 Å². The normalized spacial score (nSPS) is 24.1. The van der Waals surface area contributed by atoms with E-state index in [2.05, 4.69) is 34.2 Å². The van der Waals surface area contributed by atoms with Gasteiger partial charge in [-0.3, -0.25) is 4.90 Å². The van der Waals surface area contributed by atoms with E-state index in [1.165, 1.54) is 0 Å². The number of nitrogens with one attached hydrogen (secondary N) is 1. The van der Waals surface area contributed by atoms with Crippen LogP contribution in [0.4, 0.5) is 10.5 Å². The number of fused-ring (bicyclic) bond motifs is 1. The number of hydrogen-bond donors (Lipinski definition) is 3. The van der Waals surface area contributed by atoms with Crippen LogP contribution in [0.1, 0.15) is 36.8 Å². The Morgan fingerprint density at radius 2 is 1.84 bits per heavy atom. The number of urea groups is 1. The summed E-state index contributed by atoms with van der Waals surface area (Å²) in [5.74, 6) is 5.89. The summed E-state index contributed by atoms with van der Waals surface area (Å²) in [4.78, 5) is 17.3. The Balaban J connectivity index is 1.51. The number of anilines is 1. The first-order valence-electron chi connectivity index (χ1n) is 11.3. The summed E-state index contributed by atoms with van der Waals surface area (Å²) in [6, 6.07) is 17.7. The third-order valence-electron chi connectivity index (χ3n) is 6.40. The largest absolute Gasteiger partial charge is 0.395 e. The third-order valence-corrected chi connectivity index (χ3v) is 6.40. The zero-order valence-corrected chi connectivity index (χ0v) is 18.4. The molecule has 0 aromatic heterocycles. The van der Waals surface area contributed by atoms with Crippen molar-refractivity contribution in [1.29, 1.82) is 0 Å². The second-order valence-electron chi connectivity index (χ2n) is 8.60. The summed E-state index contributed by atoms with van der Waals surface area (Å²) < 4.78 is 0. The molecule has 2 amide bonds. The number of carbonyl (C=O) groups is 1. The van der Waals surface area contributed by atoms with Crippen LogP contribution in [0.3, 0.4) is 0 Å². The Kier molecular flexibility index (Phi) is 7.11. The average molecular weight is 434 g/mol. The molecule has 0 aliphatic carbocycles. The SMILES string of the molecule is C[C@@H](O)C#Cc1ccc([C@@H]2[C@H](CO)N3CCCCN(C(=O)Nc4ccccc4)C[C@@H]23)cc1. The topological polar surface area (TPSA) is 76.0 Å². The van der Waals surface area contributed by atoms with Crippen molar-refractivity contribution in [2.45, 2.75) is 43.9 Å². The molecule has 0 unspecified atom stereocenters. The number of amides is 2. The monoisotopic (exact) mass is 433 g/mol. The van der Waals surface area contributed by atoms with Gasteiger partial charge in [0.15, 0.2) is 0 Å². The van der Waals surface area contributed by atoms with Crippen LogP contribution in [0.5, 0.6) is 0 Å². The second-order valence-corrected chi connectivity index (χ2v) is 8.60. The van der Waals surface area contributed by atoms with Gasteiger partial charge in [0.1, 0.15) is 6.10 Å². The fourth-order valence-corrected chi connectivity index (χ4v) is 4.83. The van der Waals surface area contributed by atoms with Crippen LogP contribution in [0.2, 0.25) is 0 Å². The maximum Gasteiger partial charge on any atom is 0.321 e. The van der Waals surface area contributed by atoms with Gasteiger partial charge in [-0.05, 0) is 56.1 Å². The molecule has 3 N–H and O–H groups in total. The molecule has 0 bridgehead atoms. The first-order chi connectivity index (χ1) is 15.6. The van der Waals surface area contributed by atoms with Gasteiger partial charge >= 0.3 is 6.03 Å². The maximum absolute atomic E-state index is 13.0. The molecule has 6 nitrogen and oxygen atoms in total. The smallest absolute Gasteiger partial charge is 0.321 e. The zero-order chi connectivity index (χ0) is 22.5. The van der Waals surface area contributed by atoms with Crippen molar-refractivity contribution in [3.63, 3.8) is 0 Å². The van der Waals surface area contributed by atoms with Crippen LogP contribution >= 0.6 is 0 Å². The lowest BCUT2D eigenvalue weighted by atomic mass is 9.74. The van der Waals surface area contributed by atoms with Gasteiger partial charge in [0.2, 0.25) is 0 Å². The molecule has 2 aromatic rings. The molecule has 4 rings (SSSR count). The van der Waals surface area contributed by atoms with Gasteiger partial charge in [-0.15, -0.1) is 0 Å². The average Bonchev–Trinajstić information content (AvgIpc) is 2.78. The maximum atomic E-state index is 13.0. The lowest BCUT2D eigenvalue weighted by Gasteiger charge is -2.57. The minimum absolute atomic E-state index is 0.0616. The quantitative estimate of drug-likeness (QED) is 0.651. The lowest BCUT2D eigenvalue weighted by molar-refractivity contribution is -0.0585. The summed E-state index contributed by atoms with van der Waals surface area (Å²) in [5.41, 5.74) is 2.80. The van der Waals surface area contributed by atoms with E-state index >= 15 is 0 Å². The molecule has 4 atom stereocenters. The Labute approximate surface area is 189 Å². The van der Waals surface area contributed by atoms with Gasteiger partial charge in [-0.2, -0.15) is 0 Å². The molecule has 0 spiro atoms. The van der Waals surface area contributed by atoms with E-state index in [0.717, 1.165) is 42.7 Å². The van der Waals surface area contributed by atoms with Crippen LogP contribution in [0.15, 0.2) is 54.6 Å². The molecule has 2 aromatic carbocycles. The number of carbonyl (C=O) groups excluding carboxylic acids is 1. The van der Waals surface area contributed by atoms with Crippen molar-refractivity contribution in [2.24, 2.45) is 0 Å². The number of aliphatic hydroxyl groups is 2. The van der Waals surface area contributed by atoms with Crippen LogP contribution in [-0.4, -0.2) is 70.5 Å². The van der Waals surface area contributed by atoms with E-state index < -0.39 is 6.10 Å². The first kappa shape index (κ1) is 22.3. The van der Waals surface area contributed by atoms with Gasteiger partial charge in [0.25, 0.3) is 0 Å². The second kappa shape index (κ2) is 10.2. The Morgan fingerprint density at radius 1 is 1.12 bits per heavy atom. The van der Waals surface area contributed by atoms with Crippen molar-refractivity contribution in [3.8, 4) is 11.8 Å². The molecular weight excluding hydrogens is 402 g/mol. The Morgan fingerprint density at radius 3 is 2.53 bits per heavy atom. The Bertz CT molecular complexity index is 965. The van der Waals surface area contributed by atoms with E-state index in [1.807, 2.05) is 47.4 Å². The Hall–Kier alpha value is -2.85. The first-order valence-corrected chi connectivity index (χ1v) is 11.3. The summed E-state index contributed by atoms with van der Waals surface area (Å²) in [5, 5.41) is 22.5. The molecule has 168 valence electrons. The van der Waals surface area contributed by atoms with Crippen LogP contribution in [0, 0.1) is 11.8 Å². The summed E-state index contributed by atoms with van der Waals surface area (Å²) in [6.45, 7) is 4.04. The molecule has 0 radical (unpaired) electrons. The molecule has 2 fully saturated rings. The van der Waals surface area contributed by atoms with Crippen LogP contribution in [0.25, 0.3) is 0 Å². The minimum atomic E-state index is -0.656. The van der Waals surface area contributed by atoms with E-state index in [-0.39, 0.29) is 30.6 Å². The predicted molar refractivity (Wildman–Crippen MR) is 125 cm³/mol. The molecule has 2 saturated heterocycles. The molecule has 2 heterocycles. The van der Waals surface area contributed by atoms with Crippen LogP contribution in [-0.2, 0) is 0 Å². The predicted octanol–water partition coefficient (Wildman–Crippen LogP) is 2.88.